The highest BCUT2D eigenvalue weighted by Gasteiger charge is 2.20. The molecule has 0 fully saturated rings. The number of rotatable bonds is 2. The standard InChI is InChI=1S/C19H21O/c1-6-14-8-7-9-15(11-14)16-10-13(2)18(20)17(12-16)19(3,4)5/h6-8,10-12,20H,1H2,2-5H3. The van der Waals surface area contributed by atoms with Crippen molar-refractivity contribution in [1.82, 2.24) is 0 Å². The first kappa shape index (κ1) is 14.4. The lowest BCUT2D eigenvalue weighted by atomic mass is 9.83. The van der Waals surface area contributed by atoms with Crippen LogP contribution in [0.5, 0.6) is 5.75 Å². The van der Waals surface area contributed by atoms with Crippen LogP contribution in [0.2, 0.25) is 0 Å². The Hall–Kier alpha value is -2.02. The number of benzene rings is 2. The Bertz CT molecular complexity index is 645. The molecule has 2 rings (SSSR count). The van der Waals surface area contributed by atoms with Crippen LogP contribution >= 0.6 is 0 Å². The molecule has 2 aromatic carbocycles. The summed E-state index contributed by atoms with van der Waals surface area (Å²) in [6.45, 7) is 12.1. The molecule has 0 spiro atoms. The van der Waals surface area contributed by atoms with E-state index in [-0.39, 0.29) is 5.41 Å². The van der Waals surface area contributed by atoms with Gasteiger partial charge in [0, 0.05) is 5.56 Å². The van der Waals surface area contributed by atoms with E-state index in [1.807, 2.05) is 31.2 Å². The van der Waals surface area contributed by atoms with Crippen molar-refractivity contribution in [3.8, 4) is 16.9 Å². The van der Waals surface area contributed by atoms with Crippen molar-refractivity contribution in [2.45, 2.75) is 33.1 Å². The molecule has 0 amide bonds. The minimum Gasteiger partial charge on any atom is -0.507 e. The summed E-state index contributed by atoms with van der Waals surface area (Å²) >= 11 is 0. The molecule has 1 N–H and O–H groups in total. The maximum Gasteiger partial charge on any atom is 0.122 e. The molecule has 0 saturated carbocycles. The molecular weight excluding hydrogens is 244 g/mol. The van der Waals surface area contributed by atoms with Crippen molar-refractivity contribution in [3.63, 3.8) is 0 Å². The van der Waals surface area contributed by atoms with Gasteiger partial charge in [0.1, 0.15) is 5.75 Å². The molecule has 0 saturated heterocycles. The first-order chi connectivity index (χ1) is 9.32. The van der Waals surface area contributed by atoms with E-state index in [0.29, 0.717) is 5.75 Å². The van der Waals surface area contributed by atoms with E-state index in [1.54, 1.807) is 0 Å². The van der Waals surface area contributed by atoms with E-state index in [9.17, 15) is 5.11 Å². The summed E-state index contributed by atoms with van der Waals surface area (Å²) in [4.78, 5) is 0. The monoisotopic (exact) mass is 265 g/mol. The Morgan fingerprint density at radius 3 is 2.50 bits per heavy atom. The maximum atomic E-state index is 10.3. The minimum absolute atomic E-state index is 0.0963. The molecule has 0 heterocycles. The third-order valence-electron chi connectivity index (χ3n) is 3.48. The highest BCUT2D eigenvalue weighted by Crippen LogP contribution is 2.36. The van der Waals surface area contributed by atoms with Crippen molar-refractivity contribution in [1.29, 1.82) is 0 Å². The average molecular weight is 265 g/mol. The SMILES string of the molecule is C=Cc1cc[c]c(-c2cc(C)c(O)c(C(C)(C)C)c2)c1. The second kappa shape index (κ2) is 5.16. The summed E-state index contributed by atoms with van der Waals surface area (Å²) in [5.74, 6) is 0.390. The predicted molar refractivity (Wildman–Crippen MR) is 85.9 cm³/mol. The van der Waals surface area contributed by atoms with Crippen molar-refractivity contribution in [2.75, 3.05) is 0 Å². The topological polar surface area (TPSA) is 20.2 Å². The summed E-state index contributed by atoms with van der Waals surface area (Å²) in [6.07, 6.45) is 1.83. The highest BCUT2D eigenvalue weighted by atomic mass is 16.3. The number of hydrogen-bond acceptors (Lipinski definition) is 1. The van der Waals surface area contributed by atoms with Crippen LogP contribution in [0, 0.1) is 13.0 Å². The summed E-state index contributed by atoms with van der Waals surface area (Å²) in [6, 6.07) is 13.3. The zero-order valence-electron chi connectivity index (χ0n) is 12.6. The van der Waals surface area contributed by atoms with Crippen LogP contribution in [0.3, 0.4) is 0 Å². The number of hydrogen-bond donors (Lipinski definition) is 1. The van der Waals surface area contributed by atoms with Crippen LogP contribution in [0.4, 0.5) is 0 Å². The average Bonchev–Trinajstić information content (AvgIpc) is 2.40. The second-order valence-corrected chi connectivity index (χ2v) is 6.18. The lowest BCUT2D eigenvalue weighted by Gasteiger charge is -2.22. The Kier molecular flexibility index (Phi) is 3.71. The van der Waals surface area contributed by atoms with Crippen molar-refractivity contribution < 1.29 is 5.11 Å². The molecular formula is C19H21O. The van der Waals surface area contributed by atoms with Gasteiger partial charge >= 0.3 is 0 Å². The quantitative estimate of drug-likeness (QED) is 0.800. The van der Waals surface area contributed by atoms with Gasteiger partial charge in [-0.2, -0.15) is 0 Å². The normalized spacial score (nSPS) is 11.4. The van der Waals surface area contributed by atoms with E-state index in [2.05, 4.69) is 45.5 Å². The van der Waals surface area contributed by atoms with Gasteiger partial charge < -0.3 is 5.11 Å². The van der Waals surface area contributed by atoms with E-state index < -0.39 is 0 Å². The van der Waals surface area contributed by atoms with Crippen LogP contribution in [0.25, 0.3) is 17.2 Å². The molecule has 0 aliphatic rings. The smallest absolute Gasteiger partial charge is 0.122 e. The van der Waals surface area contributed by atoms with Crippen LogP contribution in [-0.4, -0.2) is 5.11 Å². The van der Waals surface area contributed by atoms with Gasteiger partial charge in [-0.3, -0.25) is 0 Å². The Balaban J connectivity index is 2.63. The van der Waals surface area contributed by atoms with Crippen LogP contribution < -0.4 is 0 Å². The lowest BCUT2D eigenvalue weighted by molar-refractivity contribution is 0.443. The number of phenols is 1. The van der Waals surface area contributed by atoms with Crippen LogP contribution in [-0.2, 0) is 5.41 Å². The van der Waals surface area contributed by atoms with E-state index >= 15 is 0 Å². The number of phenolic OH excluding ortho intramolecular Hbond substituents is 1. The predicted octanol–water partition coefficient (Wildman–Crippen LogP) is 5.11. The molecule has 20 heavy (non-hydrogen) atoms. The maximum absolute atomic E-state index is 10.3. The first-order valence-electron chi connectivity index (χ1n) is 6.81. The second-order valence-electron chi connectivity index (χ2n) is 6.18. The van der Waals surface area contributed by atoms with Gasteiger partial charge in [0.05, 0.1) is 0 Å². The molecule has 0 atom stereocenters. The highest BCUT2D eigenvalue weighted by molar-refractivity contribution is 5.70. The van der Waals surface area contributed by atoms with Crippen molar-refractivity contribution >= 4 is 6.08 Å². The minimum atomic E-state index is -0.0963. The molecule has 2 aromatic rings. The summed E-state index contributed by atoms with van der Waals surface area (Å²) < 4.78 is 0. The first-order valence-corrected chi connectivity index (χ1v) is 6.81. The van der Waals surface area contributed by atoms with Gasteiger partial charge in [0.15, 0.2) is 0 Å². The van der Waals surface area contributed by atoms with E-state index in [1.165, 1.54) is 0 Å². The Morgan fingerprint density at radius 1 is 1.20 bits per heavy atom. The van der Waals surface area contributed by atoms with E-state index in [4.69, 9.17) is 0 Å². The van der Waals surface area contributed by atoms with Gasteiger partial charge in [-0.15, -0.1) is 0 Å². The molecule has 1 heteroatoms. The molecule has 1 radical (unpaired) electrons. The third-order valence-corrected chi connectivity index (χ3v) is 3.48. The van der Waals surface area contributed by atoms with E-state index in [0.717, 1.165) is 27.8 Å². The fraction of sp³-hybridized carbons (Fsp3) is 0.263. The molecule has 103 valence electrons. The fourth-order valence-electron chi connectivity index (χ4n) is 2.28. The Labute approximate surface area is 121 Å². The summed E-state index contributed by atoms with van der Waals surface area (Å²) in [7, 11) is 0. The van der Waals surface area contributed by atoms with Crippen LogP contribution in [0.15, 0.2) is 36.9 Å². The van der Waals surface area contributed by atoms with Crippen molar-refractivity contribution in [2.24, 2.45) is 0 Å². The summed E-state index contributed by atoms with van der Waals surface area (Å²) in [5.41, 5.74) is 4.93. The number of aryl methyl sites for hydroxylation is 1. The lowest BCUT2D eigenvalue weighted by Crippen LogP contribution is -2.12. The molecule has 0 aromatic heterocycles. The van der Waals surface area contributed by atoms with Crippen LogP contribution in [0.1, 0.15) is 37.5 Å². The fourth-order valence-corrected chi connectivity index (χ4v) is 2.28. The molecule has 0 aliphatic carbocycles. The largest absolute Gasteiger partial charge is 0.507 e. The number of aromatic hydroxyl groups is 1. The van der Waals surface area contributed by atoms with Gasteiger partial charge in [-0.25, -0.2) is 0 Å². The molecule has 1 nitrogen and oxygen atoms in total. The van der Waals surface area contributed by atoms with Crippen molar-refractivity contribution in [3.05, 3.63) is 59.7 Å². The van der Waals surface area contributed by atoms with Gasteiger partial charge in [-0.05, 0) is 58.9 Å². The van der Waals surface area contributed by atoms with Gasteiger partial charge in [0.25, 0.3) is 0 Å². The van der Waals surface area contributed by atoms with Gasteiger partial charge in [-0.1, -0.05) is 45.6 Å². The summed E-state index contributed by atoms with van der Waals surface area (Å²) in [5, 5.41) is 10.3. The molecule has 0 bridgehead atoms. The van der Waals surface area contributed by atoms with Gasteiger partial charge in [0.2, 0.25) is 0 Å². The molecule has 0 unspecified atom stereocenters. The Morgan fingerprint density at radius 2 is 1.90 bits per heavy atom. The zero-order valence-corrected chi connectivity index (χ0v) is 12.6. The third kappa shape index (κ3) is 2.77. The molecule has 0 aliphatic heterocycles. The zero-order chi connectivity index (χ0) is 14.9.